The second-order valence-electron chi connectivity index (χ2n) is 5.69. The van der Waals surface area contributed by atoms with Crippen LogP contribution in [0.2, 0.25) is 0 Å². The Labute approximate surface area is 118 Å². The zero-order valence-corrected chi connectivity index (χ0v) is 13.4. The van der Waals surface area contributed by atoms with Gasteiger partial charge >= 0.3 is 0 Å². The van der Waals surface area contributed by atoms with E-state index in [2.05, 4.69) is 24.1 Å². The molecule has 1 fully saturated rings. The summed E-state index contributed by atoms with van der Waals surface area (Å²) in [4.78, 5) is 2.20. The molecule has 19 heavy (non-hydrogen) atoms. The Morgan fingerprint density at radius 3 is 2.53 bits per heavy atom. The van der Waals surface area contributed by atoms with Crippen molar-refractivity contribution in [1.29, 1.82) is 0 Å². The van der Waals surface area contributed by atoms with Crippen LogP contribution in [0.5, 0.6) is 0 Å². The maximum atomic E-state index is 12.2. The third-order valence-corrected chi connectivity index (χ3v) is 5.41. The summed E-state index contributed by atoms with van der Waals surface area (Å²) in [5.74, 6) is 0.288. The Bertz CT molecular complexity index is 344. The quantitative estimate of drug-likeness (QED) is 0.703. The molecule has 0 unspecified atom stereocenters. The van der Waals surface area contributed by atoms with Gasteiger partial charge in [-0.25, -0.2) is 12.7 Å². The molecule has 0 aromatic rings. The van der Waals surface area contributed by atoms with E-state index >= 15 is 0 Å². The normalized spacial score (nSPS) is 19.8. The smallest absolute Gasteiger partial charge is 0.214 e. The van der Waals surface area contributed by atoms with Crippen molar-refractivity contribution in [2.24, 2.45) is 0 Å². The summed E-state index contributed by atoms with van der Waals surface area (Å²) < 4.78 is 26.1. The number of likely N-dealkylation sites (N-methyl/N-ethyl adjacent to an activating group) is 1. The van der Waals surface area contributed by atoms with E-state index in [1.54, 1.807) is 4.31 Å². The van der Waals surface area contributed by atoms with Crippen molar-refractivity contribution < 1.29 is 8.42 Å². The minimum Gasteiger partial charge on any atom is -0.315 e. The zero-order valence-electron chi connectivity index (χ0n) is 12.6. The van der Waals surface area contributed by atoms with Gasteiger partial charge in [-0.3, -0.25) is 0 Å². The van der Waals surface area contributed by atoms with Crippen molar-refractivity contribution in [2.45, 2.75) is 39.2 Å². The Morgan fingerprint density at radius 1 is 1.11 bits per heavy atom. The lowest BCUT2D eigenvalue weighted by Crippen LogP contribution is -2.36. The van der Waals surface area contributed by atoms with E-state index in [1.165, 1.54) is 0 Å². The fourth-order valence-electron chi connectivity index (χ4n) is 2.23. The molecule has 0 aromatic heterocycles. The van der Waals surface area contributed by atoms with Crippen LogP contribution >= 0.6 is 0 Å². The number of nitrogens with zero attached hydrogens (tertiary/aromatic N) is 2. The highest BCUT2D eigenvalue weighted by Crippen LogP contribution is 2.09. The van der Waals surface area contributed by atoms with Crippen LogP contribution in [-0.2, 0) is 10.0 Å². The highest BCUT2D eigenvalue weighted by Gasteiger charge is 2.23. The van der Waals surface area contributed by atoms with E-state index in [-0.39, 0.29) is 5.75 Å². The molecule has 0 aromatic carbocycles. The fraction of sp³-hybridized carbons (Fsp3) is 1.00. The van der Waals surface area contributed by atoms with Gasteiger partial charge in [0.25, 0.3) is 0 Å². The predicted molar refractivity (Wildman–Crippen MR) is 79.8 cm³/mol. The molecule has 6 heteroatoms. The molecule has 1 saturated heterocycles. The van der Waals surface area contributed by atoms with Gasteiger partial charge in [-0.05, 0) is 39.4 Å². The molecular weight excluding hydrogens is 262 g/mol. The second kappa shape index (κ2) is 8.19. The highest BCUT2D eigenvalue weighted by atomic mass is 32.2. The van der Waals surface area contributed by atoms with Crippen molar-refractivity contribution in [3.8, 4) is 0 Å². The third-order valence-electron chi connectivity index (χ3n) is 3.45. The van der Waals surface area contributed by atoms with Crippen molar-refractivity contribution in [2.75, 3.05) is 45.5 Å². The summed E-state index contributed by atoms with van der Waals surface area (Å²) in [7, 11) is -1.00. The number of hydrogen-bond acceptors (Lipinski definition) is 4. The molecule has 1 rings (SSSR count). The topological polar surface area (TPSA) is 52.7 Å². The molecule has 0 spiro atoms. The lowest BCUT2D eigenvalue weighted by Gasteiger charge is -2.20. The van der Waals surface area contributed by atoms with Crippen LogP contribution in [0, 0.1) is 0 Å². The number of sulfonamides is 1. The van der Waals surface area contributed by atoms with Gasteiger partial charge in [-0.15, -0.1) is 0 Å². The Balaban J connectivity index is 2.30. The van der Waals surface area contributed by atoms with Gasteiger partial charge in [0.2, 0.25) is 10.0 Å². The first-order valence-corrected chi connectivity index (χ1v) is 8.92. The average molecular weight is 291 g/mol. The molecule has 1 N–H and O–H groups in total. The summed E-state index contributed by atoms with van der Waals surface area (Å²) in [5, 5.41) is 3.31. The SMILES string of the molecule is CC(C)NCCCCS(=O)(=O)N1CCCN(C)CC1. The summed E-state index contributed by atoms with van der Waals surface area (Å²) in [6.07, 6.45) is 2.60. The molecule has 114 valence electrons. The first kappa shape index (κ1) is 16.9. The third kappa shape index (κ3) is 6.70. The van der Waals surface area contributed by atoms with Gasteiger partial charge in [-0.1, -0.05) is 13.8 Å². The second-order valence-corrected chi connectivity index (χ2v) is 7.78. The van der Waals surface area contributed by atoms with Gasteiger partial charge in [0.05, 0.1) is 5.75 Å². The van der Waals surface area contributed by atoms with Crippen molar-refractivity contribution in [3.05, 3.63) is 0 Å². The summed E-state index contributed by atoms with van der Waals surface area (Å²) >= 11 is 0. The van der Waals surface area contributed by atoms with Crippen LogP contribution in [0.25, 0.3) is 0 Å². The van der Waals surface area contributed by atoms with Crippen molar-refractivity contribution in [3.63, 3.8) is 0 Å². The van der Waals surface area contributed by atoms with Gasteiger partial charge in [0, 0.05) is 25.7 Å². The first-order valence-electron chi connectivity index (χ1n) is 7.31. The van der Waals surface area contributed by atoms with E-state index in [0.717, 1.165) is 38.9 Å². The molecule has 0 atom stereocenters. The lowest BCUT2D eigenvalue weighted by molar-refractivity contribution is 0.347. The van der Waals surface area contributed by atoms with Gasteiger partial charge in [-0.2, -0.15) is 0 Å². The van der Waals surface area contributed by atoms with Gasteiger partial charge in [0.1, 0.15) is 0 Å². The van der Waals surface area contributed by atoms with E-state index in [4.69, 9.17) is 0 Å². The summed E-state index contributed by atoms with van der Waals surface area (Å²) in [6.45, 7) is 8.25. The van der Waals surface area contributed by atoms with Gasteiger partial charge in [0.15, 0.2) is 0 Å². The van der Waals surface area contributed by atoms with E-state index < -0.39 is 10.0 Å². The minimum absolute atomic E-state index is 0.288. The largest absolute Gasteiger partial charge is 0.315 e. The predicted octanol–water partition coefficient (Wildman–Crippen LogP) is 0.732. The molecule has 0 bridgehead atoms. The first-order chi connectivity index (χ1) is 8.92. The molecule has 1 aliphatic heterocycles. The number of unbranched alkanes of at least 4 members (excludes halogenated alkanes) is 1. The Hall–Kier alpha value is -0.170. The molecule has 0 aliphatic carbocycles. The zero-order chi connectivity index (χ0) is 14.3. The average Bonchev–Trinajstić information content (AvgIpc) is 2.53. The van der Waals surface area contributed by atoms with Crippen molar-refractivity contribution >= 4 is 10.0 Å². The Kier molecular flexibility index (Phi) is 7.28. The van der Waals surface area contributed by atoms with Crippen LogP contribution in [0.15, 0.2) is 0 Å². The molecule has 5 nitrogen and oxygen atoms in total. The fourth-order valence-corrected chi connectivity index (χ4v) is 3.82. The van der Waals surface area contributed by atoms with Crippen LogP contribution in [0.3, 0.4) is 0 Å². The van der Waals surface area contributed by atoms with Crippen LogP contribution in [0.1, 0.15) is 33.1 Å². The molecule has 0 saturated carbocycles. The molecule has 0 radical (unpaired) electrons. The number of rotatable bonds is 7. The maximum Gasteiger partial charge on any atom is 0.214 e. The molecule has 0 amide bonds. The minimum atomic E-state index is -3.05. The van der Waals surface area contributed by atoms with Crippen LogP contribution in [-0.4, -0.2) is 69.2 Å². The van der Waals surface area contributed by atoms with Crippen molar-refractivity contribution in [1.82, 2.24) is 14.5 Å². The van der Waals surface area contributed by atoms with Crippen LogP contribution < -0.4 is 5.32 Å². The molecule has 1 aliphatic rings. The Morgan fingerprint density at radius 2 is 1.84 bits per heavy atom. The molecular formula is C13H29N3O2S. The number of hydrogen-bond donors (Lipinski definition) is 1. The lowest BCUT2D eigenvalue weighted by atomic mass is 10.3. The standard InChI is InChI=1S/C13H29N3O2S/c1-13(2)14-7-4-5-12-19(17,18)16-9-6-8-15(3)10-11-16/h13-14H,4-12H2,1-3H3. The van der Waals surface area contributed by atoms with Crippen LogP contribution in [0.4, 0.5) is 0 Å². The van der Waals surface area contributed by atoms with E-state index in [1.807, 2.05) is 7.05 Å². The highest BCUT2D eigenvalue weighted by molar-refractivity contribution is 7.89. The maximum absolute atomic E-state index is 12.2. The molecule has 1 heterocycles. The number of nitrogens with one attached hydrogen (secondary N) is 1. The van der Waals surface area contributed by atoms with Gasteiger partial charge < -0.3 is 10.2 Å². The monoisotopic (exact) mass is 291 g/mol. The summed E-state index contributed by atoms with van der Waals surface area (Å²) in [6, 6.07) is 0.470. The summed E-state index contributed by atoms with van der Waals surface area (Å²) in [5.41, 5.74) is 0. The van der Waals surface area contributed by atoms with E-state index in [9.17, 15) is 8.42 Å². The van der Waals surface area contributed by atoms with E-state index in [0.29, 0.717) is 19.1 Å².